The predicted molar refractivity (Wildman–Crippen MR) is 195 cm³/mol. The fourth-order valence-electron chi connectivity index (χ4n) is 6.42. The summed E-state index contributed by atoms with van der Waals surface area (Å²) in [5, 5.41) is 22.1. The van der Waals surface area contributed by atoms with Crippen molar-refractivity contribution in [1.82, 2.24) is 26.1 Å². The molecule has 2 aliphatic rings. The molecular formula is C38H51N5O8S. The summed E-state index contributed by atoms with van der Waals surface area (Å²) in [6.07, 6.45) is -0.706. The molecule has 0 aliphatic carbocycles. The molecule has 0 saturated carbocycles. The molecule has 13 nitrogen and oxygen atoms in total. The third kappa shape index (κ3) is 11.2. The van der Waals surface area contributed by atoms with E-state index in [1.54, 1.807) is 16.3 Å². The number of methoxy groups -OCH3 is 1. The SMILES string of the molecule is COC(=O)NC(C(=O)NN(Cc1ccccc1)CC(O)C(Cc1ccc(CCc2csc(C)n2)cc1)NC(=O)OC1COC2OCCC12)C(C)(C)C. The fourth-order valence-corrected chi connectivity index (χ4v) is 7.07. The first-order chi connectivity index (χ1) is 24.9. The average molecular weight is 738 g/mol. The smallest absolute Gasteiger partial charge is 0.407 e. The quantitative estimate of drug-likeness (QED) is 0.166. The lowest BCUT2D eigenvalue weighted by Crippen LogP contribution is -2.59. The highest BCUT2D eigenvalue weighted by molar-refractivity contribution is 7.09. The van der Waals surface area contributed by atoms with Gasteiger partial charge in [0.05, 0.1) is 49.1 Å². The lowest BCUT2D eigenvalue weighted by Gasteiger charge is -2.34. The first-order valence-corrected chi connectivity index (χ1v) is 18.6. The van der Waals surface area contributed by atoms with Gasteiger partial charge in [-0.15, -0.1) is 11.3 Å². The first kappa shape index (κ1) is 39.1. The van der Waals surface area contributed by atoms with Crippen LogP contribution in [0.1, 0.15) is 54.6 Å². The van der Waals surface area contributed by atoms with Crippen LogP contribution in [0.5, 0.6) is 0 Å². The van der Waals surface area contributed by atoms with Crippen LogP contribution in [0, 0.1) is 18.3 Å². The van der Waals surface area contributed by atoms with Gasteiger partial charge in [-0.05, 0) is 54.7 Å². The van der Waals surface area contributed by atoms with Crippen LogP contribution in [-0.4, -0.2) is 90.6 Å². The van der Waals surface area contributed by atoms with Crippen molar-refractivity contribution in [3.8, 4) is 0 Å². The molecule has 0 bridgehead atoms. The van der Waals surface area contributed by atoms with Crippen LogP contribution >= 0.6 is 11.3 Å². The molecule has 0 radical (unpaired) electrons. The van der Waals surface area contributed by atoms with Gasteiger partial charge in [0, 0.05) is 18.5 Å². The average Bonchev–Trinajstić information content (AvgIpc) is 3.85. The number of amides is 3. The summed E-state index contributed by atoms with van der Waals surface area (Å²) in [5.74, 6) is -0.524. The van der Waals surface area contributed by atoms with Gasteiger partial charge in [0.1, 0.15) is 12.1 Å². The van der Waals surface area contributed by atoms with Crippen LogP contribution in [-0.2, 0) is 49.5 Å². The number of hydrogen-bond acceptors (Lipinski definition) is 11. The van der Waals surface area contributed by atoms with Crippen LogP contribution in [0.4, 0.5) is 9.59 Å². The topological polar surface area (TPSA) is 161 Å². The molecule has 52 heavy (non-hydrogen) atoms. The number of ether oxygens (including phenoxy) is 4. The Morgan fingerprint density at radius 2 is 1.73 bits per heavy atom. The lowest BCUT2D eigenvalue weighted by atomic mass is 9.86. The number of fused-ring (bicyclic) bond motifs is 1. The Labute approximate surface area is 309 Å². The van der Waals surface area contributed by atoms with Crippen molar-refractivity contribution < 1.29 is 38.4 Å². The molecule has 2 aliphatic heterocycles. The lowest BCUT2D eigenvalue weighted by molar-refractivity contribution is -0.131. The highest BCUT2D eigenvalue weighted by atomic mass is 32.1. The Bertz CT molecular complexity index is 1620. The van der Waals surface area contributed by atoms with E-state index in [2.05, 4.69) is 38.6 Å². The van der Waals surface area contributed by atoms with Crippen LogP contribution in [0.15, 0.2) is 60.0 Å². The summed E-state index contributed by atoms with van der Waals surface area (Å²) < 4.78 is 21.8. The van der Waals surface area contributed by atoms with Gasteiger partial charge < -0.3 is 34.7 Å². The Balaban J connectivity index is 1.32. The van der Waals surface area contributed by atoms with Crippen molar-refractivity contribution in [2.45, 2.75) is 90.5 Å². The van der Waals surface area contributed by atoms with E-state index in [0.29, 0.717) is 13.0 Å². The molecule has 2 fully saturated rings. The minimum absolute atomic E-state index is 0.0409. The summed E-state index contributed by atoms with van der Waals surface area (Å²) in [6.45, 7) is 8.46. The van der Waals surface area contributed by atoms with Crippen molar-refractivity contribution >= 4 is 29.4 Å². The number of thiazole rings is 1. The molecule has 3 amide bonds. The third-order valence-corrected chi connectivity index (χ3v) is 10.1. The van der Waals surface area contributed by atoms with E-state index in [9.17, 15) is 19.5 Å². The largest absolute Gasteiger partial charge is 0.453 e. The molecule has 1 aromatic heterocycles. The number of hydrazine groups is 1. The number of aliphatic hydroxyl groups is 1. The molecule has 4 N–H and O–H groups in total. The van der Waals surface area contributed by atoms with Gasteiger partial charge >= 0.3 is 12.2 Å². The van der Waals surface area contributed by atoms with Crippen molar-refractivity contribution in [3.63, 3.8) is 0 Å². The summed E-state index contributed by atoms with van der Waals surface area (Å²) in [7, 11) is 1.24. The number of aryl methyl sites for hydroxylation is 3. The van der Waals surface area contributed by atoms with Gasteiger partial charge in [-0.1, -0.05) is 75.4 Å². The molecule has 2 saturated heterocycles. The number of nitrogens with zero attached hydrogens (tertiary/aromatic N) is 2. The van der Waals surface area contributed by atoms with Crippen molar-refractivity contribution in [3.05, 3.63) is 87.4 Å². The number of alkyl carbamates (subject to hydrolysis) is 2. The Morgan fingerprint density at radius 1 is 1.00 bits per heavy atom. The minimum Gasteiger partial charge on any atom is -0.453 e. The van der Waals surface area contributed by atoms with E-state index >= 15 is 0 Å². The van der Waals surface area contributed by atoms with Crippen molar-refractivity contribution in [2.24, 2.45) is 11.3 Å². The normalized spacial score (nSPS) is 20.1. The Morgan fingerprint density at radius 3 is 2.40 bits per heavy atom. The summed E-state index contributed by atoms with van der Waals surface area (Å²) >= 11 is 1.64. The number of aromatic nitrogens is 1. The molecule has 14 heteroatoms. The van der Waals surface area contributed by atoms with Crippen LogP contribution in [0.25, 0.3) is 0 Å². The number of hydrogen-bond donors (Lipinski definition) is 4. The maximum atomic E-state index is 13.7. The molecular weight excluding hydrogens is 687 g/mol. The molecule has 3 heterocycles. The highest BCUT2D eigenvalue weighted by Crippen LogP contribution is 2.33. The summed E-state index contributed by atoms with van der Waals surface area (Å²) in [6, 6.07) is 15.8. The monoisotopic (exact) mass is 737 g/mol. The number of aliphatic hydroxyl groups excluding tert-OH is 1. The molecule has 2 aromatic carbocycles. The van der Waals surface area contributed by atoms with Gasteiger partial charge in [-0.3, -0.25) is 10.2 Å². The molecule has 6 unspecified atom stereocenters. The third-order valence-electron chi connectivity index (χ3n) is 9.29. The second kappa shape index (κ2) is 18.1. The Hall–Kier alpha value is -4.08. The van der Waals surface area contributed by atoms with E-state index < -0.39 is 47.8 Å². The minimum atomic E-state index is -1.16. The molecule has 6 atom stereocenters. The molecule has 282 valence electrons. The van der Waals surface area contributed by atoms with Gasteiger partial charge in [0.15, 0.2) is 6.29 Å². The fraction of sp³-hybridized carbons (Fsp3) is 0.526. The predicted octanol–water partition coefficient (Wildman–Crippen LogP) is 4.30. The van der Waals surface area contributed by atoms with Crippen LogP contribution < -0.4 is 16.1 Å². The Kier molecular flexibility index (Phi) is 13.6. The van der Waals surface area contributed by atoms with Crippen molar-refractivity contribution in [1.29, 1.82) is 0 Å². The number of benzene rings is 2. The van der Waals surface area contributed by atoms with E-state index in [-0.39, 0.29) is 31.9 Å². The standard InChI is InChI=1S/C38H51N5O8S/c1-24-39-28(23-52-24)16-15-25-11-13-26(14-12-25)19-30(40-37(47)51-32-22-50-35-29(32)17-18-49-35)31(44)21-43(20-27-9-7-6-8-10-27)42-34(45)33(38(2,3)4)41-36(46)48-5/h6-14,23,29-33,35,44H,15-22H2,1-5H3,(H,40,47)(H,41,46)(H,42,45). The van der Waals surface area contributed by atoms with Crippen LogP contribution in [0.3, 0.4) is 0 Å². The maximum absolute atomic E-state index is 13.7. The van der Waals surface area contributed by atoms with E-state index in [1.165, 1.54) is 7.11 Å². The number of carbonyl (C=O) groups is 3. The van der Waals surface area contributed by atoms with Crippen LogP contribution in [0.2, 0.25) is 0 Å². The highest BCUT2D eigenvalue weighted by Gasteiger charge is 2.44. The molecule has 5 rings (SSSR count). The zero-order chi connectivity index (χ0) is 37.3. The second-order valence-electron chi connectivity index (χ2n) is 14.4. The summed E-state index contributed by atoms with van der Waals surface area (Å²) in [4.78, 5) is 43.8. The summed E-state index contributed by atoms with van der Waals surface area (Å²) in [5.41, 5.74) is 6.25. The van der Waals surface area contributed by atoms with E-state index in [0.717, 1.165) is 46.7 Å². The maximum Gasteiger partial charge on any atom is 0.407 e. The zero-order valence-corrected chi connectivity index (χ0v) is 31.3. The van der Waals surface area contributed by atoms with Gasteiger partial charge in [-0.2, -0.15) is 0 Å². The zero-order valence-electron chi connectivity index (χ0n) is 30.5. The molecule has 0 spiro atoms. The number of rotatable bonds is 15. The van der Waals surface area contributed by atoms with Gasteiger partial charge in [0.25, 0.3) is 5.91 Å². The van der Waals surface area contributed by atoms with Crippen molar-refractivity contribution in [2.75, 3.05) is 26.9 Å². The van der Waals surface area contributed by atoms with E-state index in [1.807, 2.05) is 70.2 Å². The van der Waals surface area contributed by atoms with E-state index in [4.69, 9.17) is 18.9 Å². The number of nitrogens with one attached hydrogen (secondary N) is 3. The van der Waals surface area contributed by atoms with Gasteiger partial charge in [0.2, 0.25) is 0 Å². The number of carbonyl (C=O) groups excluding carboxylic acids is 3. The van der Waals surface area contributed by atoms with Gasteiger partial charge in [-0.25, -0.2) is 19.6 Å². The second-order valence-corrected chi connectivity index (χ2v) is 15.5. The first-order valence-electron chi connectivity index (χ1n) is 17.7. The molecule has 3 aromatic rings.